The van der Waals surface area contributed by atoms with Crippen LogP contribution in [-0.4, -0.2) is 26.5 Å². The fraction of sp³-hybridized carbons (Fsp3) is 0.154. The molecule has 2 heterocycles. The van der Waals surface area contributed by atoms with Crippen molar-refractivity contribution in [3.63, 3.8) is 0 Å². The van der Waals surface area contributed by atoms with E-state index in [2.05, 4.69) is 38.1 Å². The van der Waals surface area contributed by atoms with Crippen LogP contribution in [0.15, 0.2) is 48.1 Å². The van der Waals surface area contributed by atoms with Gasteiger partial charge in [0.15, 0.2) is 5.13 Å². The number of hydrogen-bond donors (Lipinski definition) is 1. The molecule has 19 heavy (non-hydrogen) atoms. The van der Waals surface area contributed by atoms with Gasteiger partial charge in [0.05, 0.1) is 18.4 Å². The molecule has 96 valence electrons. The molecule has 0 spiro atoms. The molecule has 0 amide bonds. The Bertz CT molecular complexity index is 618. The molecular formula is C13H13N5S. The van der Waals surface area contributed by atoms with Crippen molar-refractivity contribution >= 4 is 16.5 Å². The van der Waals surface area contributed by atoms with E-state index in [1.54, 1.807) is 22.2 Å². The van der Waals surface area contributed by atoms with Crippen LogP contribution >= 0.6 is 11.3 Å². The highest BCUT2D eigenvalue weighted by molar-refractivity contribution is 7.14. The zero-order chi connectivity index (χ0) is 12.9. The van der Waals surface area contributed by atoms with Crippen molar-refractivity contribution in [2.75, 3.05) is 11.9 Å². The van der Waals surface area contributed by atoms with Gasteiger partial charge in [-0.3, -0.25) is 4.68 Å². The maximum atomic E-state index is 4.56. The Hall–Kier alpha value is -2.21. The van der Waals surface area contributed by atoms with Crippen LogP contribution in [-0.2, 0) is 6.54 Å². The highest BCUT2D eigenvalue weighted by Gasteiger charge is 2.03. The van der Waals surface area contributed by atoms with Gasteiger partial charge in [0.1, 0.15) is 0 Å². The topological polar surface area (TPSA) is 55.6 Å². The number of nitrogens with one attached hydrogen (secondary N) is 1. The van der Waals surface area contributed by atoms with Crippen LogP contribution in [0.2, 0.25) is 0 Å². The fourth-order valence-electron chi connectivity index (χ4n) is 1.73. The molecule has 0 saturated carbocycles. The quantitative estimate of drug-likeness (QED) is 0.774. The lowest BCUT2D eigenvalue weighted by Crippen LogP contribution is -2.10. The number of anilines is 1. The van der Waals surface area contributed by atoms with Gasteiger partial charge in [-0.1, -0.05) is 35.5 Å². The molecule has 0 aliphatic rings. The van der Waals surface area contributed by atoms with Gasteiger partial charge in [-0.25, -0.2) is 4.98 Å². The number of aromatic nitrogens is 4. The summed E-state index contributed by atoms with van der Waals surface area (Å²) < 4.78 is 1.79. The Morgan fingerprint density at radius 3 is 2.89 bits per heavy atom. The predicted molar refractivity (Wildman–Crippen MR) is 76.1 cm³/mol. The van der Waals surface area contributed by atoms with Gasteiger partial charge in [-0.2, -0.15) is 0 Å². The van der Waals surface area contributed by atoms with Crippen molar-refractivity contribution in [3.05, 3.63) is 48.1 Å². The highest BCUT2D eigenvalue weighted by atomic mass is 32.1. The van der Waals surface area contributed by atoms with Crippen molar-refractivity contribution in [2.45, 2.75) is 6.54 Å². The van der Waals surface area contributed by atoms with Crippen molar-refractivity contribution < 1.29 is 0 Å². The Morgan fingerprint density at radius 1 is 1.21 bits per heavy atom. The molecule has 6 heteroatoms. The van der Waals surface area contributed by atoms with E-state index < -0.39 is 0 Å². The fourth-order valence-corrected chi connectivity index (χ4v) is 2.47. The Labute approximate surface area is 114 Å². The molecule has 3 aromatic rings. The number of hydrogen-bond acceptors (Lipinski definition) is 5. The number of rotatable bonds is 5. The van der Waals surface area contributed by atoms with Crippen molar-refractivity contribution in [2.24, 2.45) is 0 Å². The lowest BCUT2D eigenvalue weighted by atomic mass is 10.2. The monoisotopic (exact) mass is 271 g/mol. The number of thiazole rings is 1. The molecule has 0 bridgehead atoms. The molecule has 2 aromatic heterocycles. The third kappa shape index (κ3) is 2.97. The highest BCUT2D eigenvalue weighted by Crippen LogP contribution is 2.24. The Kier molecular flexibility index (Phi) is 3.51. The molecular weight excluding hydrogens is 258 g/mol. The van der Waals surface area contributed by atoms with E-state index in [0.717, 1.165) is 29.5 Å². The van der Waals surface area contributed by atoms with Crippen molar-refractivity contribution in [3.8, 4) is 11.3 Å². The van der Waals surface area contributed by atoms with Gasteiger partial charge in [0.25, 0.3) is 0 Å². The summed E-state index contributed by atoms with van der Waals surface area (Å²) in [5, 5.41) is 14.0. The summed E-state index contributed by atoms with van der Waals surface area (Å²) in [6.07, 6.45) is 3.52. The SMILES string of the molecule is c1ccc(-c2csc(NCCn3ccnn3)n2)cc1. The lowest BCUT2D eigenvalue weighted by molar-refractivity contribution is 0.609. The first-order chi connectivity index (χ1) is 9.42. The second-order valence-electron chi connectivity index (χ2n) is 4.00. The average molecular weight is 271 g/mol. The standard InChI is InChI=1S/C13H13N5S/c1-2-4-11(5-3-1)12-10-19-13(16-12)14-6-8-18-9-7-15-17-18/h1-5,7,9-10H,6,8H2,(H,14,16). The smallest absolute Gasteiger partial charge is 0.183 e. The van der Waals surface area contributed by atoms with Gasteiger partial charge in [0.2, 0.25) is 0 Å². The Morgan fingerprint density at radius 2 is 2.11 bits per heavy atom. The third-order valence-corrected chi connectivity index (χ3v) is 3.46. The average Bonchev–Trinajstić information content (AvgIpc) is 3.11. The zero-order valence-electron chi connectivity index (χ0n) is 10.2. The summed E-state index contributed by atoms with van der Waals surface area (Å²) in [5.41, 5.74) is 2.15. The number of benzene rings is 1. The van der Waals surface area contributed by atoms with E-state index >= 15 is 0 Å². The Balaban J connectivity index is 1.59. The van der Waals surface area contributed by atoms with Crippen LogP contribution in [0.1, 0.15) is 0 Å². The first-order valence-corrected chi connectivity index (χ1v) is 6.89. The predicted octanol–water partition coefficient (Wildman–Crippen LogP) is 2.51. The van der Waals surface area contributed by atoms with Crippen LogP contribution < -0.4 is 5.32 Å². The van der Waals surface area contributed by atoms with E-state index in [-0.39, 0.29) is 0 Å². The molecule has 0 fully saturated rings. The second kappa shape index (κ2) is 5.62. The van der Waals surface area contributed by atoms with Crippen LogP contribution in [0.3, 0.4) is 0 Å². The van der Waals surface area contributed by atoms with Gasteiger partial charge < -0.3 is 5.32 Å². The molecule has 5 nitrogen and oxygen atoms in total. The zero-order valence-corrected chi connectivity index (χ0v) is 11.0. The maximum absolute atomic E-state index is 4.56. The van der Waals surface area contributed by atoms with Crippen LogP contribution in [0, 0.1) is 0 Å². The summed E-state index contributed by atoms with van der Waals surface area (Å²) in [6, 6.07) is 10.2. The first kappa shape index (κ1) is 11.9. The van der Waals surface area contributed by atoms with E-state index in [9.17, 15) is 0 Å². The first-order valence-electron chi connectivity index (χ1n) is 6.01. The summed E-state index contributed by atoms with van der Waals surface area (Å²) in [4.78, 5) is 4.56. The van der Waals surface area contributed by atoms with Gasteiger partial charge in [0, 0.05) is 23.7 Å². The summed E-state index contributed by atoms with van der Waals surface area (Å²) in [6.45, 7) is 1.56. The molecule has 3 rings (SSSR count). The van der Waals surface area contributed by atoms with Crippen LogP contribution in [0.25, 0.3) is 11.3 Å². The van der Waals surface area contributed by atoms with Gasteiger partial charge in [-0.05, 0) is 0 Å². The second-order valence-corrected chi connectivity index (χ2v) is 4.85. The normalized spacial score (nSPS) is 10.5. The third-order valence-electron chi connectivity index (χ3n) is 2.66. The molecule has 1 N–H and O–H groups in total. The minimum atomic E-state index is 0.778. The number of nitrogens with zero attached hydrogens (tertiary/aromatic N) is 4. The van der Waals surface area contributed by atoms with Crippen molar-refractivity contribution in [1.82, 2.24) is 20.0 Å². The maximum Gasteiger partial charge on any atom is 0.183 e. The van der Waals surface area contributed by atoms with Gasteiger partial charge in [-0.15, -0.1) is 16.4 Å². The molecule has 0 aliphatic carbocycles. The molecule has 0 radical (unpaired) electrons. The lowest BCUT2D eigenvalue weighted by Gasteiger charge is -2.01. The van der Waals surface area contributed by atoms with E-state index in [0.29, 0.717) is 0 Å². The summed E-state index contributed by atoms with van der Waals surface area (Å²) in [5.74, 6) is 0. The largest absolute Gasteiger partial charge is 0.360 e. The molecule has 0 aliphatic heterocycles. The minimum absolute atomic E-state index is 0.778. The van der Waals surface area contributed by atoms with Crippen LogP contribution in [0.5, 0.6) is 0 Å². The summed E-state index contributed by atoms with van der Waals surface area (Å²) >= 11 is 1.61. The molecule has 0 unspecified atom stereocenters. The van der Waals surface area contributed by atoms with Crippen LogP contribution in [0.4, 0.5) is 5.13 Å². The molecule has 1 aromatic carbocycles. The van der Waals surface area contributed by atoms with E-state index in [4.69, 9.17) is 0 Å². The molecule has 0 atom stereocenters. The minimum Gasteiger partial charge on any atom is -0.360 e. The van der Waals surface area contributed by atoms with Gasteiger partial charge >= 0.3 is 0 Å². The summed E-state index contributed by atoms with van der Waals surface area (Å²) in [7, 11) is 0. The molecule has 0 saturated heterocycles. The van der Waals surface area contributed by atoms with E-state index in [1.807, 2.05) is 24.4 Å². The van der Waals surface area contributed by atoms with Crippen molar-refractivity contribution in [1.29, 1.82) is 0 Å². The van der Waals surface area contributed by atoms with E-state index in [1.165, 1.54) is 0 Å².